The summed E-state index contributed by atoms with van der Waals surface area (Å²) < 4.78 is 9.58. The van der Waals surface area contributed by atoms with Gasteiger partial charge in [-0.25, -0.2) is 9.50 Å². The zero-order valence-corrected chi connectivity index (χ0v) is 17.2. The molecule has 7 nitrogen and oxygen atoms in total. The predicted molar refractivity (Wildman–Crippen MR) is 113 cm³/mol. The lowest BCUT2D eigenvalue weighted by atomic mass is 9.99. The second kappa shape index (κ2) is 6.67. The molecule has 4 aromatic rings. The van der Waals surface area contributed by atoms with E-state index in [2.05, 4.69) is 32.8 Å². The van der Waals surface area contributed by atoms with Gasteiger partial charge in [-0.05, 0) is 31.0 Å². The van der Waals surface area contributed by atoms with Crippen LogP contribution in [0.5, 0.6) is 5.75 Å². The van der Waals surface area contributed by atoms with Crippen LogP contribution in [0.2, 0.25) is 0 Å². The third-order valence-electron chi connectivity index (χ3n) is 6.70. The van der Waals surface area contributed by atoms with Gasteiger partial charge in [0.25, 0.3) is 0 Å². The Morgan fingerprint density at radius 2 is 2.07 bits per heavy atom. The molecule has 0 N–H and O–H groups in total. The standard InChI is InChI=1S/C23H24N6O/c1-27-16(9-10-25-27)14-28-15-7-8-20(28)18-13-24-23-12-19(26-29(23)21(18)11-15)17-5-3-4-6-22(17)30-2/h3-6,9-10,12-13,15,20H,7-8,11,14H2,1-2H3/t15-,20+/m0/s1. The Kier molecular flexibility index (Phi) is 3.92. The highest BCUT2D eigenvalue weighted by molar-refractivity contribution is 5.70. The Hall–Kier alpha value is -3.19. The molecule has 2 aliphatic rings. The monoisotopic (exact) mass is 400 g/mol. The first-order valence-electron chi connectivity index (χ1n) is 10.5. The molecule has 30 heavy (non-hydrogen) atoms. The number of fused-ring (bicyclic) bond motifs is 6. The van der Waals surface area contributed by atoms with Gasteiger partial charge in [0.2, 0.25) is 0 Å². The van der Waals surface area contributed by atoms with E-state index in [1.807, 2.05) is 42.2 Å². The molecule has 2 bridgehead atoms. The van der Waals surface area contributed by atoms with Crippen LogP contribution in [0.3, 0.4) is 0 Å². The molecule has 5 heterocycles. The van der Waals surface area contributed by atoms with Gasteiger partial charge in [-0.3, -0.25) is 9.58 Å². The minimum Gasteiger partial charge on any atom is -0.496 e. The van der Waals surface area contributed by atoms with Crippen molar-refractivity contribution >= 4 is 5.65 Å². The molecule has 2 atom stereocenters. The van der Waals surface area contributed by atoms with E-state index in [1.54, 1.807) is 7.11 Å². The first-order valence-corrected chi connectivity index (χ1v) is 10.5. The summed E-state index contributed by atoms with van der Waals surface area (Å²) >= 11 is 0. The van der Waals surface area contributed by atoms with Crippen LogP contribution in [-0.4, -0.2) is 42.4 Å². The maximum atomic E-state index is 5.54. The molecule has 2 aliphatic heterocycles. The molecular formula is C23H24N6O. The zero-order valence-electron chi connectivity index (χ0n) is 17.2. The third kappa shape index (κ3) is 2.58. The van der Waals surface area contributed by atoms with E-state index in [4.69, 9.17) is 14.8 Å². The van der Waals surface area contributed by atoms with Gasteiger partial charge in [0.15, 0.2) is 5.65 Å². The van der Waals surface area contributed by atoms with E-state index in [1.165, 1.54) is 29.8 Å². The first-order chi connectivity index (χ1) is 14.7. The van der Waals surface area contributed by atoms with Crippen molar-refractivity contribution in [2.75, 3.05) is 7.11 Å². The first kappa shape index (κ1) is 17.7. The number of hydrogen-bond acceptors (Lipinski definition) is 5. The van der Waals surface area contributed by atoms with E-state index >= 15 is 0 Å². The predicted octanol–water partition coefficient (Wildman–Crippen LogP) is 3.40. The van der Waals surface area contributed by atoms with Crippen LogP contribution in [0.1, 0.15) is 35.8 Å². The number of hydrogen-bond donors (Lipinski definition) is 0. The SMILES string of the molecule is COc1ccccc1-c1cc2ncc3c(n2n1)C[C@@H]1CC[C@H]3N1Cc1ccnn1C. The van der Waals surface area contributed by atoms with E-state index in [-0.39, 0.29) is 0 Å². The highest BCUT2D eigenvalue weighted by Gasteiger charge is 2.41. The normalized spacial score (nSPS) is 20.6. The third-order valence-corrected chi connectivity index (χ3v) is 6.70. The van der Waals surface area contributed by atoms with Crippen LogP contribution < -0.4 is 4.74 Å². The van der Waals surface area contributed by atoms with Crippen molar-refractivity contribution in [1.82, 2.24) is 29.3 Å². The van der Waals surface area contributed by atoms with Crippen molar-refractivity contribution < 1.29 is 4.74 Å². The second-order valence-corrected chi connectivity index (χ2v) is 8.23. The maximum absolute atomic E-state index is 5.54. The van der Waals surface area contributed by atoms with Crippen LogP contribution in [-0.2, 0) is 20.0 Å². The highest BCUT2D eigenvalue weighted by Crippen LogP contribution is 2.44. The summed E-state index contributed by atoms with van der Waals surface area (Å²) in [6, 6.07) is 13.1. The topological polar surface area (TPSA) is 60.5 Å². The highest BCUT2D eigenvalue weighted by atomic mass is 16.5. The lowest BCUT2D eigenvalue weighted by Crippen LogP contribution is -2.38. The minimum atomic E-state index is 0.393. The molecule has 1 aromatic carbocycles. The molecular weight excluding hydrogens is 376 g/mol. The van der Waals surface area contributed by atoms with E-state index in [0.717, 1.165) is 35.6 Å². The summed E-state index contributed by atoms with van der Waals surface area (Å²) in [7, 11) is 3.71. The Bertz CT molecular complexity index is 1240. The van der Waals surface area contributed by atoms with Crippen LogP contribution in [0.4, 0.5) is 0 Å². The van der Waals surface area contributed by atoms with Gasteiger partial charge >= 0.3 is 0 Å². The number of rotatable bonds is 4. The summed E-state index contributed by atoms with van der Waals surface area (Å²) in [4.78, 5) is 7.40. The van der Waals surface area contributed by atoms with Gasteiger partial charge in [0.1, 0.15) is 5.75 Å². The summed E-state index contributed by atoms with van der Waals surface area (Å²) in [5.74, 6) is 0.831. The Labute approximate surface area is 174 Å². The van der Waals surface area contributed by atoms with Gasteiger partial charge in [-0.2, -0.15) is 10.2 Å². The average Bonchev–Trinajstić information content (AvgIpc) is 3.45. The molecule has 1 fully saturated rings. The summed E-state index contributed by atoms with van der Waals surface area (Å²) in [6.45, 7) is 0.925. The van der Waals surface area contributed by atoms with Gasteiger partial charge in [-0.15, -0.1) is 0 Å². The molecule has 3 aromatic heterocycles. The molecule has 6 rings (SSSR count). The van der Waals surface area contributed by atoms with E-state index < -0.39 is 0 Å². The van der Waals surface area contributed by atoms with Crippen molar-refractivity contribution in [1.29, 1.82) is 0 Å². The number of nitrogens with zero attached hydrogens (tertiary/aromatic N) is 6. The lowest BCUT2D eigenvalue weighted by molar-refractivity contribution is 0.161. The van der Waals surface area contributed by atoms with Crippen molar-refractivity contribution in [2.24, 2.45) is 7.05 Å². The Balaban J connectivity index is 1.41. The number of aromatic nitrogens is 5. The van der Waals surface area contributed by atoms with Gasteiger partial charge < -0.3 is 4.74 Å². The number of ether oxygens (including phenoxy) is 1. The Morgan fingerprint density at radius 1 is 1.17 bits per heavy atom. The number of aryl methyl sites for hydroxylation is 1. The molecule has 0 radical (unpaired) electrons. The van der Waals surface area contributed by atoms with Crippen molar-refractivity contribution in [3.05, 3.63) is 65.7 Å². The number of para-hydroxylation sites is 1. The van der Waals surface area contributed by atoms with Crippen LogP contribution in [0, 0.1) is 0 Å². The molecule has 0 aliphatic carbocycles. The maximum Gasteiger partial charge on any atom is 0.155 e. The molecule has 0 amide bonds. The van der Waals surface area contributed by atoms with Crippen LogP contribution in [0.15, 0.2) is 48.8 Å². The minimum absolute atomic E-state index is 0.393. The molecule has 7 heteroatoms. The fraction of sp³-hybridized carbons (Fsp3) is 0.348. The lowest BCUT2D eigenvalue weighted by Gasteiger charge is -2.36. The fourth-order valence-corrected chi connectivity index (χ4v) is 5.16. The Morgan fingerprint density at radius 3 is 2.90 bits per heavy atom. The van der Waals surface area contributed by atoms with Crippen molar-refractivity contribution in [3.8, 4) is 17.0 Å². The van der Waals surface area contributed by atoms with Crippen molar-refractivity contribution in [3.63, 3.8) is 0 Å². The summed E-state index contributed by atoms with van der Waals surface area (Å²) in [5.41, 5.74) is 6.66. The van der Waals surface area contributed by atoms with E-state index in [9.17, 15) is 0 Å². The molecule has 1 saturated heterocycles. The van der Waals surface area contributed by atoms with Crippen molar-refractivity contribution in [2.45, 2.75) is 37.9 Å². The summed E-state index contributed by atoms with van der Waals surface area (Å²) in [5, 5.41) is 9.29. The van der Waals surface area contributed by atoms with Crippen LogP contribution >= 0.6 is 0 Å². The largest absolute Gasteiger partial charge is 0.496 e. The number of methoxy groups -OCH3 is 1. The van der Waals surface area contributed by atoms with E-state index in [0.29, 0.717) is 12.1 Å². The smallest absolute Gasteiger partial charge is 0.155 e. The quantitative estimate of drug-likeness (QED) is 0.525. The molecule has 152 valence electrons. The molecule has 0 spiro atoms. The molecule has 0 unspecified atom stereocenters. The van der Waals surface area contributed by atoms with Gasteiger partial charge in [0, 0.05) is 61.7 Å². The molecule has 0 saturated carbocycles. The number of benzene rings is 1. The zero-order chi connectivity index (χ0) is 20.2. The van der Waals surface area contributed by atoms with Gasteiger partial charge in [0.05, 0.1) is 24.2 Å². The fourth-order valence-electron chi connectivity index (χ4n) is 5.16. The second-order valence-electron chi connectivity index (χ2n) is 8.23. The average molecular weight is 400 g/mol. The van der Waals surface area contributed by atoms with Crippen LogP contribution in [0.25, 0.3) is 16.9 Å². The summed E-state index contributed by atoms with van der Waals surface area (Å²) in [6.07, 6.45) is 7.32. The van der Waals surface area contributed by atoms with Gasteiger partial charge in [-0.1, -0.05) is 12.1 Å².